The summed E-state index contributed by atoms with van der Waals surface area (Å²) in [5, 5.41) is 3.36. The van der Waals surface area contributed by atoms with Gasteiger partial charge in [-0.1, -0.05) is 6.42 Å². The number of hydrogen-bond acceptors (Lipinski definition) is 2. The average Bonchev–Trinajstić information content (AvgIpc) is 2.45. The summed E-state index contributed by atoms with van der Waals surface area (Å²) >= 11 is 0. The van der Waals surface area contributed by atoms with E-state index in [2.05, 4.69) is 5.32 Å². The average molecular weight is 292 g/mol. The molecule has 0 spiro atoms. The fraction of sp³-hybridized carbons (Fsp3) is 0.929. The first-order chi connectivity index (χ1) is 9.47. The first-order valence-electron chi connectivity index (χ1n) is 7.54. The first-order valence-corrected chi connectivity index (χ1v) is 7.54. The molecule has 2 rings (SSSR count). The molecule has 2 aliphatic heterocycles. The summed E-state index contributed by atoms with van der Waals surface area (Å²) in [6.07, 6.45) is 0.946. The van der Waals surface area contributed by atoms with Crippen LogP contribution in [0.5, 0.6) is 0 Å². The zero-order valence-corrected chi connectivity index (χ0v) is 11.7. The summed E-state index contributed by atoms with van der Waals surface area (Å²) in [5.74, 6) is -1.46. The molecule has 0 aromatic heterocycles. The predicted octanol–water partition coefficient (Wildman–Crippen LogP) is 2.71. The predicted molar refractivity (Wildman–Crippen MR) is 70.2 cm³/mol. The summed E-state index contributed by atoms with van der Waals surface area (Å²) in [5.41, 5.74) is 0. The van der Waals surface area contributed by atoms with E-state index in [9.17, 15) is 18.0 Å². The van der Waals surface area contributed by atoms with Gasteiger partial charge in [0.25, 0.3) is 0 Å². The molecule has 2 unspecified atom stereocenters. The first kappa shape index (κ1) is 15.6. The van der Waals surface area contributed by atoms with Crippen molar-refractivity contribution in [3.8, 4) is 0 Å². The van der Waals surface area contributed by atoms with Crippen molar-refractivity contribution in [2.75, 3.05) is 19.6 Å². The van der Waals surface area contributed by atoms with Crippen LogP contribution in [0.1, 0.15) is 44.9 Å². The van der Waals surface area contributed by atoms with E-state index in [1.165, 1.54) is 17.7 Å². The number of halogens is 3. The Hall–Kier alpha value is -0.780. The second kappa shape index (κ2) is 6.78. The van der Waals surface area contributed by atoms with Crippen LogP contribution in [0.2, 0.25) is 0 Å². The molecule has 0 radical (unpaired) electrons. The van der Waals surface area contributed by atoms with Crippen molar-refractivity contribution >= 4 is 5.91 Å². The number of nitrogens with one attached hydrogen (secondary N) is 1. The SMILES string of the molecule is O=C(CCC1CCCCN1)N1CCCC(C(F)(F)F)C1. The standard InChI is InChI=1S/C14H23F3N2O/c15-14(16,17)11-4-3-9-19(10-11)13(20)7-6-12-5-1-2-8-18-12/h11-12,18H,1-10H2. The molecule has 0 aromatic carbocycles. The van der Waals surface area contributed by atoms with Crippen molar-refractivity contribution in [1.29, 1.82) is 0 Å². The maximum absolute atomic E-state index is 12.7. The van der Waals surface area contributed by atoms with Crippen LogP contribution in [0.25, 0.3) is 0 Å². The van der Waals surface area contributed by atoms with Gasteiger partial charge in [-0.25, -0.2) is 0 Å². The molecule has 2 aliphatic rings. The largest absolute Gasteiger partial charge is 0.393 e. The van der Waals surface area contributed by atoms with Crippen LogP contribution in [0.4, 0.5) is 13.2 Å². The monoisotopic (exact) mass is 292 g/mol. The molecular weight excluding hydrogens is 269 g/mol. The van der Waals surface area contributed by atoms with Gasteiger partial charge < -0.3 is 10.2 Å². The number of carbonyl (C=O) groups is 1. The lowest BCUT2D eigenvalue weighted by Crippen LogP contribution is -2.45. The number of rotatable bonds is 3. The molecule has 0 aliphatic carbocycles. The Labute approximate surface area is 117 Å². The highest BCUT2D eigenvalue weighted by atomic mass is 19.4. The minimum Gasteiger partial charge on any atom is -0.342 e. The zero-order chi connectivity index (χ0) is 14.6. The Kier molecular flexibility index (Phi) is 5.29. The van der Waals surface area contributed by atoms with Gasteiger partial charge in [-0.15, -0.1) is 0 Å². The van der Waals surface area contributed by atoms with Gasteiger partial charge in [-0.2, -0.15) is 13.2 Å². The van der Waals surface area contributed by atoms with Gasteiger partial charge in [0.15, 0.2) is 0 Å². The van der Waals surface area contributed by atoms with Crippen LogP contribution in [-0.4, -0.2) is 42.7 Å². The zero-order valence-electron chi connectivity index (χ0n) is 11.7. The third kappa shape index (κ3) is 4.36. The van der Waals surface area contributed by atoms with Crippen LogP contribution in [0.3, 0.4) is 0 Å². The lowest BCUT2D eigenvalue weighted by atomic mass is 9.96. The summed E-state index contributed by atoms with van der Waals surface area (Å²) in [7, 11) is 0. The molecule has 1 N–H and O–H groups in total. The molecule has 0 saturated carbocycles. The minimum absolute atomic E-state index is 0.119. The molecule has 0 bridgehead atoms. The number of likely N-dealkylation sites (tertiary alicyclic amines) is 1. The van der Waals surface area contributed by atoms with Crippen molar-refractivity contribution in [2.24, 2.45) is 5.92 Å². The van der Waals surface area contributed by atoms with E-state index in [1.54, 1.807) is 0 Å². The van der Waals surface area contributed by atoms with Gasteiger partial charge in [0, 0.05) is 25.6 Å². The summed E-state index contributed by atoms with van der Waals surface area (Å²) < 4.78 is 38.1. The Morgan fingerprint density at radius 1 is 1.20 bits per heavy atom. The van der Waals surface area contributed by atoms with Crippen LogP contribution in [0, 0.1) is 5.92 Å². The van der Waals surface area contributed by atoms with E-state index in [1.807, 2.05) is 0 Å². The van der Waals surface area contributed by atoms with Crippen molar-refractivity contribution in [2.45, 2.75) is 57.2 Å². The van der Waals surface area contributed by atoms with E-state index < -0.39 is 12.1 Å². The topological polar surface area (TPSA) is 32.3 Å². The van der Waals surface area contributed by atoms with Gasteiger partial charge >= 0.3 is 6.18 Å². The smallest absolute Gasteiger partial charge is 0.342 e. The van der Waals surface area contributed by atoms with Crippen molar-refractivity contribution in [3.05, 3.63) is 0 Å². The maximum Gasteiger partial charge on any atom is 0.393 e. The second-order valence-electron chi connectivity index (χ2n) is 5.91. The van der Waals surface area contributed by atoms with Gasteiger partial charge in [-0.05, 0) is 38.6 Å². The molecule has 2 heterocycles. The van der Waals surface area contributed by atoms with E-state index in [4.69, 9.17) is 0 Å². The summed E-state index contributed by atoms with van der Waals surface area (Å²) in [6, 6.07) is 0.357. The van der Waals surface area contributed by atoms with E-state index >= 15 is 0 Å². The molecule has 0 aromatic rings. The second-order valence-corrected chi connectivity index (χ2v) is 5.91. The van der Waals surface area contributed by atoms with E-state index in [0.717, 1.165) is 19.4 Å². The molecular formula is C14H23F3N2O. The lowest BCUT2D eigenvalue weighted by Gasteiger charge is -2.34. The Bertz CT molecular complexity index is 327. The molecule has 2 saturated heterocycles. The van der Waals surface area contributed by atoms with Crippen molar-refractivity contribution in [3.63, 3.8) is 0 Å². The number of alkyl halides is 3. The van der Waals surface area contributed by atoms with Crippen LogP contribution in [-0.2, 0) is 4.79 Å². The highest BCUT2D eigenvalue weighted by Crippen LogP contribution is 2.33. The summed E-state index contributed by atoms with van der Waals surface area (Å²) in [4.78, 5) is 13.5. The maximum atomic E-state index is 12.7. The van der Waals surface area contributed by atoms with Crippen LogP contribution in [0.15, 0.2) is 0 Å². The fourth-order valence-corrected chi connectivity index (χ4v) is 3.10. The fourth-order valence-electron chi connectivity index (χ4n) is 3.10. The Morgan fingerprint density at radius 2 is 2.00 bits per heavy atom. The highest BCUT2D eigenvalue weighted by Gasteiger charge is 2.42. The quantitative estimate of drug-likeness (QED) is 0.867. The molecule has 116 valence electrons. The van der Waals surface area contributed by atoms with Gasteiger partial charge in [0.2, 0.25) is 5.91 Å². The Morgan fingerprint density at radius 3 is 2.65 bits per heavy atom. The number of hydrogen-bond donors (Lipinski definition) is 1. The Balaban J connectivity index is 1.76. The van der Waals surface area contributed by atoms with Crippen molar-refractivity contribution < 1.29 is 18.0 Å². The van der Waals surface area contributed by atoms with Crippen LogP contribution < -0.4 is 5.32 Å². The summed E-state index contributed by atoms with van der Waals surface area (Å²) in [6.45, 7) is 1.31. The molecule has 3 nitrogen and oxygen atoms in total. The van der Waals surface area contributed by atoms with Gasteiger partial charge in [0.05, 0.1) is 5.92 Å². The molecule has 1 amide bonds. The van der Waals surface area contributed by atoms with Gasteiger partial charge in [-0.3, -0.25) is 4.79 Å². The normalized spacial score (nSPS) is 28.4. The van der Waals surface area contributed by atoms with E-state index in [-0.39, 0.29) is 18.9 Å². The molecule has 6 heteroatoms. The van der Waals surface area contributed by atoms with Crippen molar-refractivity contribution in [1.82, 2.24) is 10.2 Å². The lowest BCUT2D eigenvalue weighted by molar-refractivity contribution is -0.188. The highest BCUT2D eigenvalue weighted by molar-refractivity contribution is 5.76. The number of nitrogens with zero attached hydrogens (tertiary/aromatic N) is 1. The van der Waals surface area contributed by atoms with E-state index in [0.29, 0.717) is 25.4 Å². The number of carbonyl (C=O) groups excluding carboxylic acids is 1. The van der Waals surface area contributed by atoms with Crippen LogP contribution >= 0.6 is 0 Å². The third-order valence-electron chi connectivity index (χ3n) is 4.36. The van der Waals surface area contributed by atoms with Gasteiger partial charge in [0.1, 0.15) is 0 Å². The number of piperidine rings is 2. The molecule has 2 atom stereocenters. The number of amides is 1. The minimum atomic E-state index is -4.18. The molecule has 2 fully saturated rings. The molecule has 20 heavy (non-hydrogen) atoms. The third-order valence-corrected chi connectivity index (χ3v) is 4.36.